The van der Waals surface area contributed by atoms with Gasteiger partial charge in [-0.3, -0.25) is 0 Å². The lowest BCUT2D eigenvalue weighted by Crippen LogP contribution is -2.11. The molecule has 2 aromatic rings. The molecule has 1 unspecified atom stereocenters. The Hall–Kier alpha value is -1.62. The zero-order valence-corrected chi connectivity index (χ0v) is 6.27. The molecule has 0 saturated heterocycles. The van der Waals surface area contributed by atoms with Gasteiger partial charge in [0.05, 0.1) is 24.8 Å². The maximum atomic E-state index is 5.82. The van der Waals surface area contributed by atoms with E-state index in [1.54, 1.807) is 24.8 Å². The first-order valence-corrected chi connectivity index (χ1v) is 3.51. The number of aromatic nitrogens is 3. The molecule has 0 saturated carbocycles. The second kappa shape index (κ2) is 2.78. The van der Waals surface area contributed by atoms with Gasteiger partial charge >= 0.3 is 0 Å². The van der Waals surface area contributed by atoms with E-state index in [0.717, 1.165) is 5.56 Å². The largest absolute Gasteiger partial charge is 0.472 e. The fourth-order valence-corrected chi connectivity index (χ4v) is 0.983. The summed E-state index contributed by atoms with van der Waals surface area (Å²) in [6, 6.07) is 1.54. The van der Waals surface area contributed by atoms with Gasteiger partial charge in [0.25, 0.3) is 0 Å². The van der Waals surface area contributed by atoms with Crippen molar-refractivity contribution in [1.82, 2.24) is 15.4 Å². The van der Waals surface area contributed by atoms with Crippen molar-refractivity contribution in [2.24, 2.45) is 5.73 Å². The van der Waals surface area contributed by atoms with Crippen LogP contribution in [0.4, 0.5) is 0 Å². The number of hydrogen-bond acceptors (Lipinski definition) is 4. The Labute approximate surface area is 68.6 Å². The summed E-state index contributed by atoms with van der Waals surface area (Å²) in [6.07, 6.45) is 4.77. The van der Waals surface area contributed by atoms with Crippen LogP contribution in [-0.4, -0.2) is 15.4 Å². The van der Waals surface area contributed by atoms with Crippen molar-refractivity contribution >= 4 is 0 Å². The molecular weight excluding hydrogens is 156 g/mol. The lowest BCUT2D eigenvalue weighted by atomic mass is 10.1. The van der Waals surface area contributed by atoms with Crippen LogP contribution in [0.2, 0.25) is 0 Å². The first-order valence-electron chi connectivity index (χ1n) is 3.51. The van der Waals surface area contributed by atoms with E-state index >= 15 is 0 Å². The zero-order valence-electron chi connectivity index (χ0n) is 6.27. The van der Waals surface area contributed by atoms with Gasteiger partial charge in [0, 0.05) is 5.56 Å². The summed E-state index contributed by atoms with van der Waals surface area (Å²) in [5, 5.41) is 10.0. The molecule has 3 N–H and O–H groups in total. The summed E-state index contributed by atoms with van der Waals surface area (Å²) < 4.78 is 4.90. The Morgan fingerprint density at radius 1 is 1.58 bits per heavy atom. The smallest absolute Gasteiger partial charge is 0.104 e. The summed E-state index contributed by atoms with van der Waals surface area (Å²) >= 11 is 0. The van der Waals surface area contributed by atoms with Crippen LogP contribution in [0.5, 0.6) is 0 Å². The van der Waals surface area contributed by atoms with Gasteiger partial charge in [-0.05, 0) is 6.07 Å². The van der Waals surface area contributed by atoms with Crippen molar-refractivity contribution in [3.05, 3.63) is 36.0 Å². The van der Waals surface area contributed by atoms with Gasteiger partial charge in [-0.2, -0.15) is 15.4 Å². The lowest BCUT2D eigenvalue weighted by molar-refractivity contribution is 0.561. The summed E-state index contributed by atoms with van der Waals surface area (Å²) in [4.78, 5) is 0. The molecule has 2 heterocycles. The summed E-state index contributed by atoms with van der Waals surface area (Å²) in [5.41, 5.74) is 7.42. The number of nitrogens with zero attached hydrogens (tertiary/aromatic N) is 2. The van der Waals surface area contributed by atoms with Crippen LogP contribution in [0.1, 0.15) is 17.3 Å². The highest BCUT2D eigenvalue weighted by molar-refractivity contribution is 5.20. The minimum atomic E-state index is -0.262. The minimum absolute atomic E-state index is 0.262. The van der Waals surface area contributed by atoms with E-state index in [1.807, 2.05) is 0 Å². The number of aromatic amines is 1. The van der Waals surface area contributed by atoms with Gasteiger partial charge < -0.3 is 10.2 Å². The van der Waals surface area contributed by atoms with Crippen LogP contribution >= 0.6 is 0 Å². The normalized spacial score (nSPS) is 13.1. The van der Waals surface area contributed by atoms with E-state index < -0.39 is 0 Å². The quantitative estimate of drug-likeness (QED) is 0.675. The highest BCUT2D eigenvalue weighted by Crippen LogP contribution is 2.16. The van der Waals surface area contributed by atoms with E-state index in [1.165, 1.54) is 0 Å². The topological polar surface area (TPSA) is 80.7 Å². The van der Waals surface area contributed by atoms with Crippen LogP contribution in [0.25, 0.3) is 0 Å². The summed E-state index contributed by atoms with van der Waals surface area (Å²) in [7, 11) is 0. The molecule has 0 aliphatic carbocycles. The molecule has 0 aliphatic rings. The number of nitrogens with two attached hydrogens (primary N) is 1. The minimum Gasteiger partial charge on any atom is -0.472 e. The average molecular weight is 164 g/mol. The van der Waals surface area contributed by atoms with Gasteiger partial charge in [-0.25, -0.2) is 0 Å². The van der Waals surface area contributed by atoms with E-state index in [4.69, 9.17) is 10.2 Å². The zero-order chi connectivity index (χ0) is 8.39. The van der Waals surface area contributed by atoms with Crippen molar-refractivity contribution in [2.45, 2.75) is 6.04 Å². The molecule has 12 heavy (non-hydrogen) atoms. The molecular formula is C7H8N4O. The van der Waals surface area contributed by atoms with E-state index in [-0.39, 0.29) is 6.04 Å². The maximum absolute atomic E-state index is 5.82. The van der Waals surface area contributed by atoms with Crippen LogP contribution in [0.3, 0.4) is 0 Å². The number of rotatable bonds is 2. The first kappa shape index (κ1) is 7.05. The molecule has 5 heteroatoms. The fraction of sp³-hybridized carbons (Fsp3) is 0.143. The SMILES string of the molecule is NC(c1ccoc1)c1cn[nH]n1. The highest BCUT2D eigenvalue weighted by atomic mass is 16.3. The van der Waals surface area contributed by atoms with Crippen LogP contribution in [-0.2, 0) is 0 Å². The third-order valence-electron chi connectivity index (χ3n) is 1.65. The third-order valence-corrected chi connectivity index (χ3v) is 1.65. The van der Waals surface area contributed by atoms with Gasteiger partial charge in [0.2, 0.25) is 0 Å². The Balaban J connectivity index is 2.27. The predicted molar refractivity (Wildman–Crippen MR) is 41.1 cm³/mol. The number of H-pyrrole nitrogens is 1. The maximum Gasteiger partial charge on any atom is 0.104 e. The molecule has 0 aromatic carbocycles. The molecule has 1 atom stereocenters. The molecule has 2 rings (SSSR count). The molecule has 5 nitrogen and oxygen atoms in total. The molecule has 0 amide bonds. The monoisotopic (exact) mass is 164 g/mol. The molecule has 0 spiro atoms. The Kier molecular flexibility index (Phi) is 1.64. The van der Waals surface area contributed by atoms with Gasteiger partial charge in [-0.1, -0.05) is 0 Å². The second-order valence-corrected chi connectivity index (χ2v) is 2.43. The van der Waals surface area contributed by atoms with Crippen LogP contribution in [0.15, 0.2) is 29.2 Å². The van der Waals surface area contributed by atoms with Gasteiger partial charge in [-0.15, -0.1) is 0 Å². The Morgan fingerprint density at radius 2 is 2.50 bits per heavy atom. The number of nitrogens with one attached hydrogen (secondary N) is 1. The van der Waals surface area contributed by atoms with Crippen molar-refractivity contribution < 1.29 is 4.42 Å². The average Bonchev–Trinajstić information content (AvgIpc) is 2.77. The predicted octanol–water partition coefficient (Wildman–Crippen LogP) is 0.446. The van der Waals surface area contributed by atoms with E-state index in [0.29, 0.717) is 5.69 Å². The van der Waals surface area contributed by atoms with Crippen LogP contribution in [0, 0.1) is 0 Å². The third kappa shape index (κ3) is 1.10. The fourth-order valence-electron chi connectivity index (χ4n) is 0.983. The summed E-state index contributed by atoms with van der Waals surface area (Å²) in [6.45, 7) is 0. The molecule has 0 bridgehead atoms. The highest BCUT2D eigenvalue weighted by Gasteiger charge is 2.11. The Bertz CT molecular complexity index is 292. The van der Waals surface area contributed by atoms with Crippen LogP contribution < -0.4 is 5.73 Å². The first-order chi connectivity index (χ1) is 5.88. The van der Waals surface area contributed by atoms with E-state index in [9.17, 15) is 0 Å². The van der Waals surface area contributed by atoms with Crippen molar-refractivity contribution in [1.29, 1.82) is 0 Å². The Morgan fingerprint density at radius 3 is 3.08 bits per heavy atom. The van der Waals surface area contributed by atoms with Crippen molar-refractivity contribution in [3.63, 3.8) is 0 Å². The van der Waals surface area contributed by atoms with Gasteiger partial charge in [0.15, 0.2) is 0 Å². The number of furan rings is 1. The van der Waals surface area contributed by atoms with Crippen molar-refractivity contribution in [2.75, 3.05) is 0 Å². The standard InChI is InChI=1S/C7H8N4O/c8-7(5-1-2-12-4-5)6-3-9-11-10-6/h1-4,7H,8H2,(H,9,10,11). The molecule has 2 aromatic heterocycles. The molecule has 0 aliphatic heterocycles. The number of hydrogen-bond donors (Lipinski definition) is 2. The molecule has 62 valence electrons. The second-order valence-electron chi connectivity index (χ2n) is 2.43. The van der Waals surface area contributed by atoms with Crippen molar-refractivity contribution in [3.8, 4) is 0 Å². The van der Waals surface area contributed by atoms with E-state index in [2.05, 4.69) is 15.4 Å². The molecule has 0 fully saturated rings. The molecule has 0 radical (unpaired) electrons. The van der Waals surface area contributed by atoms with Gasteiger partial charge in [0.1, 0.15) is 5.69 Å². The lowest BCUT2D eigenvalue weighted by Gasteiger charge is -2.02. The summed E-state index contributed by atoms with van der Waals surface area (Å²) in [5.74, 6) is 0.